The highest BCUT2D eigenvalue weighted by Gasteiger charge is 2.51. The van der Waals surface area contributed by atoms with Crippen LogP contribution in [0.25, 0.3) is 10.1 Å². The fourth-order valence-electron chi connectivity index (χ4n) is 12.5. The van der Waals surface area contributed by atoms with Crippen LogP contribution >= 0.6 is 18.9 Å². The van der Waals surface area contributed by atoms with Crippen LogP contribution in [0.4, 0.5) is 8.78 Å². The minimum atomic E-state index is -5.89. The van der Waals surface area contributed by atoms with Gasteiger partial charge in [0.15, 0.2) is 9.84 Å². The first kappa shape index (κ1) is 64.5. The molecule has 5 fully saturated rings. The number of rotatable bonds is 20. The normalized spacial score (nSPS) is 21.8. The number of amides is 9. The number of hydrogen-bond donors (Lipinski definition) is 7. The Kier molecular flexibility index (Phi) is 19.2. The Balaban J connectivity index is 0.813. The van der Waals surface area contributed by atoms with E-state index >= 15 is 0 Å². The Bertz CT molecular complexity index is 3730. The first-order valence-electron chi connectivity index (χ1n) is 29.9. The van der Waals surface area contributed by atoms with Crippen molar-refractivity contribution in [3.8, 4) is 11.8 Å². The van der Waals surface area contributed by atoms with Crippen molar-refractivity contribution >= 4 is 92.0 Å². The molecule has 6 heterocycles. The molecule has 1 unspecified atom stereocenters. The lowest BCUT2D eigenvalue weighted by atomic mass is 9.91. The maximum atomic E-state index is 14.8. The van der Waals surface area contributed by atoms with Gasteiger partial charge in [-0.2, -0.15) is 8.78 Å². The number of sulfone groups is 1. The standard InChI is InChI=1S/C61H70F2N9O14PS2/c1-2-69-27-26-40-13-19-49(72(40)60(81)47(34-69)67-57(78)51-32-38-31-39(12-21-50(38)88-51)61(62,63)87(82,83)84)56(77)65-45(18-22-52(64)73)54(75)66-46(30-36-10-14-41(15-11-36)89(85,86)42-16-17-42)59(80)70-28-24-35(25-29-70)6-3-4-7-37-8-5-9-43-44(37)33-71(58(43)79)48-20-23-53(74)68-55(48)76/h5,8-12,14-15,21,31-32,35,40,42,45-49H,2-3,6,13,16-20,22-30,33-34H2,1H3,(H2,64,73)(H,65,77)(H,66,75)(H,67,78)(H,68,74,76)(H2,82,83,84)/t40-,45+,46+,47+,48?,49+/m1/s1. The van der Waals surface area contributed by atoms with Crippen LogP contribution in [0.1, 0.15) is 133 Å². The van der Waals surface area contributed by atoms with Crippen molar-refractivity contribution in [2.45, 2.75) is 155 Å². The highest BCUT2D eigenvalue weighted by molar-refractivity contribution is 7.92. The Hall–Kier alpha value is -7.47. The fourth-order valence-corrected chi connectivity index (χ4v) is 15.6. The van der Waals surface area contributed by atoms with Crippen molar-refractivity contribution in [1.82, 2.24) is 40.9 Å². The summed E-state index contributed by atoms with van der Waals surface area (Å²) in [5.74, 6) is 1.34. The van der Waals surface area contributed by atoms with Gasteiger partial charge in [-0.25, -0.2) is 8.42 Å². The van der Waals surface area contributed by atoms with Crippen LogP contribution in [-0.2, 0) is 66.6 Å². The van der Waals surface area contributed by atoms with Crippen LogP contribution in [-0.4, -0.2) is 165 Å². The molecule has 8 N–H and O–H groups in total. The Morgan fingerprint density at radius 1 is 0.899 bits per heavy atom. The summed E-state index contributed by atoms with van der Waals surface area (Å²) in [6.07, 6.45) is 4.20. The van der Waals surface area contributed by atoms with E-state index in [1.54, 1.807) is 29.2 Å². The molecule has 474 valence electrons. The van der Waals surface area contributed by atoms with E-state index in [-0.39, 0.29) is 84.5 Å². The summed E-state index contributed by atoms with van der Waals surface area (Å²) >= 11 is 0.911. The van der Waals surface area contributed by atoms with E-state index in [1.165, 1.54) is 34.1 Å². The number of nitrogens with two attached hydrogens (primary N) is 1. The van der Waals surface area contributed by atoms with Gasteiger partial charge >= 0.3 is 13.3 Å². The maximum absolute atomic E-state index is 14.8. The quantitative estimate of drug-likeness (QED) is 0.0378. The average molecular weight is 1290 g/mol. The van der Waals surface area contributed by atoms with Gasteiger partial charge in [-0.1, -0.05) is 43.0 Å². The third kappa shape index (κ3) is 14.3. The molecular formula is C61H70F2N9O14PS2. The molecule has 6 atom stereocenters. The zero-order valence-corrected chi connectivity index (χ0v) is 51.3. The second-order valence-electron chi connectivity index (χ2n) is 23.7. The molecule has 0 radical (unpaired) electrons. The van der Waals surface area contributed by atoms with Gasteiger partial charge in [-0.3, -0.25) is 53.0 Å². The van der Waals surface area contributed by atoms with Gasteiger partial charge < -0.3 is 51.1 Å². The maximum Gasteiger partial charge on any atom is 0.399 e. The number of carbonyl (C=O) groups is 9. The van der Waals surface area contributed by atoms with Crippen LogP contribution in [0.3, 0.4) is 0 Å². The lowest BCUT2D eigenvalue weighted by Crippen LogP contribution is -2.62. The van der Waals surface area contributed by atoms with E-state index in [2.05, 4.69) is 33.1 Å². The van der Waals surface area contributed by atoms with Gasteiger partial charge in [-0.15, -0.1) is 11.3 Å². The van der Waals surface area contributed by atoms with Crippen molar-refractivity contribution in [3.63, 3.8) is 0 Å². The van der Waals surface area contributed by atoms with Crippen LogP contribution < -0.4 is 27.0 Å². The number of likely N-dealkylation sites (tertiary alicyclic amines) is 1. The van der Waals surface area contributed by atoms with Gasteiger partial charge in [0, 0.05) is 85.8 Å². The molecular weight excluding hydrogens is 1220 g/mol. The number of nitrogens with zero attached hydrogens (tertiary/aromatic N) is 4. The molecule has 10 rings (SSSR count). The highest BCUT2D eigenvalue weighted by atomic mass is 32.2. The summed E-state index contributed by atoms with van der Waals surface area (Å²) < 4.78 is 67.5. The van der Waals surface area contributed by atoms with Gasteiger partial charge in [0.2, 0.25) is 41.4 Å². The van der Waals surface area contributed by atoms with Crippen LogP contribution in [0.2, 0.25) is 0 Å². The summed E-state index contributed by atoms with van der Waals surface area (Å²) in [7, 11) is -9.44. The second kappa shape index (κ2) is 26.5. The predicted octanol–water partition coefficient (Wildman–Crippen LogP) is 3.56. The number of halogens is 2. The molecule has 6 aliphatic rings. The van der Waals surface area contributed by atoms with Crippen molar-refractivity contribution in [2.75, 3.05) is 32.7 Å². The minimum Gasteiger partial charge on any atom is -0.370 e. The van der Waals surface area contributed by atoms with Gasteiger partial charge in [0.1, 0.15) is 30.2 Å². The number of primary amides is 1. The molecule has 1 aliphatic carbocycles. The van der Waals surface area contributed by atoms with Crippen molar-refractivity contribution in [1.29, 1.82) is 0 Å². The van der Waals surface area contributed by atoms with Gasteiger partial charge in [-0.05, 0) is 136 Å². The second-order valence-corrected chi connectivity index (χ2v) is 28.7. The average Bonchev–Trinajstić information content (AvgIpc) is 2.59. The number of likely N-dealkylation sites (N-methyl/N-ethyl adjacent to an activating group) is 1. The molecule has 3 aromatic carbocycles. The molecule has 1 aromatic heterocycles. The lowest BCUT2D eigenvalue weighted by molar-refractivity contribution is -0.144. The molecule has 9 amide bonds. The number of benzene rings is 3. The number of piperidine rings is 2. The number of thiophene rings is 1. The highest BCUT2D eigenvalue weighted by Crippen LogP contribution is 2.59. The summed E-state index contributed by atoms with van der Waals surface area (Å²) in [5, 5.41) is 10.3. The zero-order valence-electron chi connectivity index (χ0n) is 48.8. The number of imide groups is 1. The van der Waals surface area contributed by atoms with Crippen LogP contribution in [0.5, 0.6) is 0 Å². The molecule has 89 heavy (non-hydrogen) atoms. The van der Waals surface area contributed by atoms with Crippen molar-refractivity contribution in [2.24, 2.45) is 11.7 Å². The fraction of sp³-hybridized carbons (Fsp3) is 0.492. The minimum absolute atomic E-state index is 0.0143. The first-order valence-corrected chi connectivity index (χ1v) is 33.9. The van der Waals surface area contributed by atoms with Crippen molar-refractivity contribution in [3.05, 3.63) is 99.4 Å². The SMILES string of the molecule is CCN1CC[C@H]2CC[C@@H](C(=O)N[C@@H](CCC(N)=O)C(=O)N[C@@H](Cc3ccc(S(=O)(=O)C4CC4)cc3)C(=O)N3CCC(CCC#Cc4cccc5c4CN(C4CCC(=O)NC4=O)C5=O)CC3)N2C(=O)[C@@H](NC(=O)c2cc3cc(C(F)(F)P(=O)(O)O)ccc3s2)C1. The molecule has 28 heteroatoms. The Morgan fingerprint density at radius 2 is 1.64 bits per heavy atom. The van der Waals surface area contributed by atoms with Crippen LogP contribution in [0, 0.1) is 17.8 Å². The topological polar surface area (TPSA) is 332 Å². The van der Waals surface area contributed by atoms with E-state index in [4.69, 9.17) is 5.73 Å². The number of fused-ring (bicyclic) bond motifs is 3. The third-order valence-corrected chi connectivity index (χ3v) is 22.2. The summed E-state index contributed by atoms with van der Waals surface area (Å²) in [5.41, 5.74) is 2.53. The van der Waals surface area contributed by atoms with E-state index in [9.17, 15) is 74.7 Å². The smallest absolute Gasteiger partial charge is 0.370 e. The lowest BCUT2D eigenvalue weighted by Gasteiger charge is -2.38. The number of carbonyl (C=O) groups excluding carboxylic acids is 9. The van der Waals surface area contributed by atoms with Crippen molar-refractivity contribution < 1.29 is 74.7 Å². The molecule has 1 saturated carbocycles. The summed E-state index contributed by atoms with van der Waals surface area (Å²) in [6, 6.07) is 9.33. The first-order chi connectivity index (χ1) is 42.3. The molecule has 4 aromatic rings. The molecule has 23 nitrogen and oxygen atoms in total. The number of alkyl halides is 2. The van der Waals surface area contributed by atoms with E-state index < -0.39 is 112 Å². The van der Waals surface area contributed by atoms with Gasteiger partial charge in [0.25, 0.3) is 11.8 Å². The van der Waals surface area contributed by atoms with E-state index in [0.717, 1.165) is 29.0 Å². The Labute approximate surface area is 516 Å². The number of nitrogens with one attached hydrogen (secondary N) is 4. The molecule has 0 bridgehead atoms. The number of hydrogen-bond acceptors (Lipinski definition) is 14. The van der Waals surface area contributed by atoms with E-state index in [0.29, 0.717) is 98.9 Å². The summed E-state index contributed by atoms with van der Waals surface area (Å²) in [6.45, 7) is 3.74. The predicted molar refractivity (Wildman–Crippen MR) is 320 cm³/mol. The molecule has 4 saturated heterocycles. The molecule has 0 spiro atoms. The Morgan fingerprint density at radius 3 is 2.33 bits per heavy atom. The summed E-state index contributed by atoms with van der Waals surface area (Å²) in [4.78, 5) is 148. The monoisotopic (exact) mass is 1290 g/mol. The largest absolute Gasteiger partial charge is 0.399 e. The third-order valence-electron chi connectivity index (χ3n) is 17.8. The molecule has 5 aliphatic heterocycles. The zero-order chi connectivity index (χ0) is 63.7. The van der Waals surface area contributed by atoms with Crippen LogP contribution in [0.15, 0.2) is 71.6 Å². The van der Waals surface area contributed by atoms with Gasteiger partial charge in [0.05, 0.1) is 15.0 Å². The van der Waals surface area contributed by atoms with E-state index in [1.807, 2.05) is 17.9 Å².